The maximum atomic E-state index is 13.8. The molecule has 0 spiro atoms. The van der Waals surface area contributed by atoms with Crippen LogP contribution in [0.2, 0.25) is 0 Å². The second kappa shape index (κ2) is 8.27. The molecular weight excluding hydrogens is 422 g/mol. The normalized spacial score (nSPS) is 14.4. The summed E-state index contributed by atoms with van der Waals surface area (Å²) >= 11 is 0. The van der Waals surface area contributed by atoms with E-state index < -0.39 is 58.3 Å². The molecular formula is C18H8F10O. The number of benzene rings is 2. The van der Waals surface area contributed by atoms with Gasteiger partial charge in [-0.1, -0.05) is 24.3 Å². The zero-order valence-corrected chi connectivity index (χ0v) is 13.8. The van der Waals surface area contributed by atoms with Gasteiger partial charge in [0.05, 0.1) is 0 Å². The summed E-state index contributed by atoms with van der Waals surface area (Å²) in [6, 6.07) is 5.98. The molecule has 1 nitrogen and oxygen atoms in total. The van der Waals surface area contributed by atoms with Crippen LogP contribution in [0.5, 0.6) is 0 Å². The molecule has 29 heavy (non-hydrogen) atoms. The van der Waals surface area contributed by atoms with Crippen molar-refractivity contribution >= 4 is 11.7 Å². The molecule has 0 saturated carbocycles. The summed E-state index contributed by atoms with van der Waals surface area (Å²) < 4.78 is 139. The number of ether oxygens (including phenoxy) is 1. The SMILES string of the molecule is FC(=C(F)C(F)(F)OC(F)(F)C(F)=C(F)c1ccccc1F)c1ccccc1F. The third-order valence-corrected chi connectivity index (χ3v) is 3.37. The third kappa shape index (κ3) is 4.78. The molecule has 0 radical (unpaired) electrons. The summed E-state index contributed by atoms with van der Waals surface area (Å²) in [6.45, 7) is 0. The number of halogens is 10. The first-order valence-corrected chi connectivity index (χ1v) is 7.45. The fourth-order valence-electron chi connectivity index (χ4n) is 2.02. The third-order valence-electron chi connectivity index (χ3n) is 3.37. The van der Waals surface area contributed by atoms with Crippen LogP contribution in [-0.2, 0) is 4.74 Å². The second-order valence-electron chi connectivity index (χ2n) is 5.35. The molecule has 0 aliphatic heterocycles. The monoisotopic (exact) mass is 430 g/mol. The molecule has 11 heteroatoms. The molecule has 0 atom stereocenters. The Morgan fingerprint density at radius 2 is 0.897 bits per heavy atom. The quantitative estimate of drug-likeness (QED) is 0.445. The van der Waals surface area contributed by atoms with Crippen LogP contribution in [0, 0.1) is 11.6 Å². The Labute approximate surface area is 156 Å². The van der Waals surface area contributed by atoms with Crippen LogP contribution < -0.4 is 0 Å². The Morgan fingerprint density at radius 3 is 1.21 bits per heavy atom. The first-order valence-electron chi connectivity index (χ1n) is 7.45. The first kappa shape index (κ1) is 22.5. The van der Waals surface area contributed by atoms with Gasteiger partial charge in [0, 0.05) is 11.1 Å². The Hall–Kier alpha value is -2.82. The molecule has 0 aliphatic carbocycles. The van der Waals surface area contributed by atoms with Crippen molar-refractivity contribution in [2.45, 2.75) is 12.2 Å². The maximum Gasteiger partial charge on any atom is 0.417 e. The van der Waals surface area contributed by atoms with Crippen LogP contribution in [0.25, 0.3) is 11.7 Å². The van der Waals surface area contributed by atoms with E-state index in [2.05, 4.69) is 4.74 Å². The zero-order chi connectivity index (χ0) is 22.0. The van der Waals surface area contributed by atoms with Crippen molar-refractivity contribution in [3.8, 4) is 0 Å². The summed E-state index contributed by atoms with van der Waals surface area (Å²) in [5.41, 5.74) is -2.71. The van der Waals surface area contributed by atoms with E-state index in [-0.39, 0.29) is 0 Å². The largest absolute Gasteiger partial charge is 0.417 e. The van der Waals surface area contributed by atoms with Gasteiger partial charge in [-0.05, 0) is 24.3 Å². The number of hydrogen-bond acceptors (Lipinski definition) is 1. The van der Waals surface area contributed by atoms with E-state index in [0.717, 1.165) is 24.3 Å². The lowest BCUT2D eigenvalue weighted by molar-refractivity contribution is -0.352. The van der Waals surface area contributed by atoms with E-state index in [4.69, 9.17) is 0 Å². The van der Waals surface area contributed by atoms with Gasteiger partial charge in [0.25, 0.3) is 0 Å². The van der Waals surface area contributed by atoms with Gasteiger partial charge in [-0.25, -0.2) is 22.3 Å². The van der Waals surface area contributed by atoms with Crippen molar-refractivity contribution in [2.75, 3.05) is 0 Å². The van der Waals surface area contributed by atoms with Crippen molar-refractivity contribution in [2.24, 2.45) is 0 Å². The van der Waals surface area contributed by atoms with Gasteiger partial charge < -0.3 is 0 Å². The molecule has 0 N–H and O–H groups in total. The minimum absolute atomic E-state index is 0.511. The Balaban J connectivity index is 2.41. The molecule has 0 amide bonds. The van der Waals surface area contributed by atoms with Gasteiger partial charge in [-0.15, -0.1) is 0 Å². The van der Waals surface area contributed by atoms with Crippen molar-refractivity contribution in [1.82, 2.24) is 0 Å². The highest BCUT2D eigenvalue weighted by Crippen LogP contribution is 2.43. The standard InChI is InChI=1S/C18H8F10O/c19-11-7-3-1-5-9(11)13(21)15(23)17(25,26)29-18(27,28)16(24)14(22)10-6-2-4-8-12(10)20/h1-8H. The maximum absolute atomic E-state index is 13.8. The smallest absolute Gasteiger partial charge is 0.243 e. The van der Waals surface area contributed by atoms with Crippen LogP contribution in [0.3, 0.4) is 0 Å². The summed E-state index contributed by atoms with van der Waals surface area (Å²) in [4.78, 5) is 0. The highest BCUT2D eigenvalue weighted by molar-refractivity contribution is 5.63. The Bertz CT molecular complexity index is 887. The predicted octanol–water partition coefficient (Wildman–Crippen LogP) is 7.08. The summed E-state index contributed by atoms with van der Waals surface area (Å²) in [5.74, 6) is -14.9. The van der Waals surface area contributed by atoms with Crippen molar-refractivity contribution in [1.29, 1.82) is 0 Å². The summed E-state index contributed by atoms with van der Waals surface area (Å²) in [6.07, 6.45) is -11.7. The van der Waals surface area contributed by atoms with Crippen LogP contribution in [0.4, 0.5) is 43.9 Å². The molecule has 0 heterocycles. The number of alkyl halides is 4. The molecule has 0 saturated heterocycles. The lowest BCUT2D eigenvalue weighted by atomic mass is 10.1. The van der Waals surface area contributed by atoms with Crippen LogP contribution in [0.1, 0.15) is 11.1 Å². The topological polar surface area (TPSA) is 9.23 Å². The molecule has 2 rings (SSSR count). The van der Waals surface area contributed by atoms with Crippen molar-refractivity contribution < 1.29 is 48.6 Å². The van der Waals surface area contributed by atoms with E-state index in [0.29, 0.717) is 24.3 Å². The van der Waals surface area contributed by atoms with E-state index >= 15 is 0 Å². The summed E-state index contributed by atoms with van der Waals surface area (Å²) in [5, 5.41) is 0. The highest BCUT2D eigenvalue weighted by atomic mass is 19.3. The fraction of sp³-hybridized carbons (Fsp3) is 0.111. The van der Waals surface area contributed by atoms with Gasteiger partial charge in [-0.2, -0.15) is 26.3 Å². The van der Waals surface area contributed by atoms with Crippen LogP contribution in [-0.4, -0.2) is 12.2 Å². The van der Waals surface area contributed by atoms with Crippen LogP contribution >= 0.6 is 0 Å². The van der Waals surface area contributed by atoms with Crippen molar-refractivity contribution in [3.05, 3.63) is 82.9 Å². The average Bonchev–Trinajstić information content (AvgIpc) is 2.65. The molecule has 0 aliphatic rings. The van der Waals surface area contributed by atoms with E-state index in [1.54, 1.807) is 0 Å². The fourth-order valence-corrected chi connectivity index (χ4v) is 2.02. The van der Waals surface area contributed by atoms with Gasteiger partial charge in [0.15, 0.2) is 11.7 Å². The molecule has 0 bridgehead atoms. The average molecular weight is 430 g/mol. The van der Waals surface area contributed by atoms with Gasteiger partial charge in [-0.3, -0.25) is 0 Å². The highest BCUT2D eigenvalue weighted by Gasteiger charge is 2.53. The second-order valence-corrected chi connectivity index (χ2v) is 5.35. The van der Waals surface area contributed by atoms with Gasteiger partial charge in [0.2, 0.25) is 11.7 Å². The molecule has 156 valence electrons. The lowest BCUT2D eigenvalue weighted by Crippen LogP contribution is -2.35. The first-order chi connectivity index (χ1) is 13.4. The van der Waals surface area contributed by atoms with Crippen LogP contribution in [0.15, 0.2) is 60.2 Å². The minimum atomic E-state index is -5.84. The Morgan fingerprint density at radius 1 is 0.586 bits per heavy atom. The molecule has 2 aromatic rings. The molecule has 0 unspecified atom stereocenters. The lowest BCUT2D eigenvalue weighted by Gasteiger charge is -2.22. The summed E-state index contributed by atoms with van der Waals surface area (Å²) in [7, 11) is 0. The van der Waals surface area contributed by atoms with E-state index in [1.165, 1.54) is 0 Å². The van der Waals surface area contributed by atoms with Gasteiger partial charge in [0.1, 0.15) is 11.6 Å². The Kier molecular flexibility index (Phi) is 6.41. The molecule has 0 fully saturated rings. The number of hydrogen-bond donors (Lipinski definition) is 0. The van der Waals surface area contributed by atoms with E-state index in [9.17, 15) is 43.9 Å². The van der Waals surface area contributed by atoms with Gasteiger partial charge >= 0.3 is 12.2 Å². The molecule has 2 aromatic carbocycles. The van der Waals surface area contributed by atoms with Crippen molar-refractivity contribution in [3.63, 3.8) is 0 Å². The predicted molar refractivity (Wildman–Crippen MR) is 82.1 cm³/mol. The minimum Gasteiger partial charge on any atom is -0.243 e. The molecule has 0 aromatic heterocycles. The zero-order valence-electron chi connectivity index (χ0n) is 13.8. The van der Waals surface area contributed by atoms with E-state index in [1.807, 2.05) is 0 Å². The number of rotatable bonds is 6.